The van der Waals surface area contributed by atoms with Gasteiger partial charge in [-0.3, -0.25) is 4.79 Å². The summed E-state index contributed by atoms with van der Waals surface area (Å²) < 4.78 is 0. The van der Waals surface area contributed by atoms with E-state index in [9.17, 15) is 9.90 Å². The second kappa shape index (κ2) is 5.31. The molecule has 0 aromatic carbocycles. The van der Waals surface area contributed by atoms with E-state index < -0.39 is 0 Å². The van der Waals surface area contributed by atoms with E-state index in [1.165, 1.54) is 38.5 Å². The molecule has 4 fully saturated rings. The van der Waals surface area contributed by atoms with Gasteiger partial charge >= 0.3 is 0 Å². The Bertz CT molecular complexity index is 500. The monoisotopic (exact) mass is 318 g/mol. The van der Waals surface area contributed by atoms with Crippen LogP contribution in [0.25, 0.3) is 0 Å². The van der Waals surface area contributed by atoms with Crippen molar-refractivity contribution in [2.45, 2.75) is 84.7 Å². The molecule has 4 saturated carbocycles. The van der Waals surface area contributed by atoms with Crippen LogP contribution < -0.4 is 0 Å². The standard InChI is InChI=1S/C21H34O2/c1-13(22)17-6-7-18-16-5-4-14-12-15(23)8-10-20(14,2)19(16)9-11-21(17,18)3/h14-19,23H,4-12H2,1-3H3/t14-,15+,16?,17?,18-,19-,20?,21?/m0/s1. The van der Waals surface area contributed by atoms with Gasteiger partial charge < -0.3 is 5.11 Å². The molecule has 1 N–H and O–H groups in total. The summed E-state index contributed by atoms with van der Waals surface area (Å²) in [6.07, 6.45) is 10.9. The van der Waals surface area contributed by atoms with Gasteiger partial charge in [0.05, 0.1) is 6.10 Å². The van der Waals surface area contributed by atoms with Gasteiger partial charge in [0.15, 0.2) is 0 Å². The molecule has 0 bridgehead atoms. The number of hydrogen-bond acceptors (Lipinski definition) is 2. The van der Waals surface area contributed by atoms with Crippen LogP contribution in [0.15, 0.2) is 0 Å². The molecule has 4 aliphatic carbocycles. The van der Waals surface area contributed by atoms with Crippen molar-refractivity contribution < 1.29 is 9.90 Å². The van der Waals surface area contributed by atoms with E-state index in [2.05, 4.69) is 13.8 Å². The molecule has 2 nitrogen and oxygen atoms in total. The van der Waals surface area contributed by atoms with Crippen LogP contribution in [0.2, 0.25) is 0 Å². The molecule has 4 aliphatic rings. The summed E-state index contributed by atoms with van der Waals surface area (Å²) in [5.41, 5.74) is 0.738. The van der Waals surface area contributed by atoms with Crippen LogP contribution in [0.3, 0.4) is 0 Å². The lowest BCUT2D eigenvalue weighted by Crippen LogP contribution is -2.54. The second-order valence-electron chi connectivity index (χ2n) is 9.87. The first kappa shape index (κ1) is 16.1. The highest BCUT2D eigenvalue weighted by atomic mass is 16.3. The topological polar surface area (TPSA) is 37.3 Å². The van der Waals surface area contributed by atoms with Crippen molar-refractivity contribution in [1.29, 1.82) is 0 Å². The van der Waals surface area contributed by atoms with Crippen LogP contribution >= 0.6 is 0 Å². The molecule has 0 heterocycles. The van der Waals surface area contributed by atoms with Gasteiger partial charge in [-0.05, 0) is 99.2 Å². The number of ketones is 1. The van der Waals surface area contributed by atoms with Gasteiger partial charge in [-0.15, -0.1) is 0 Å². The third-order valence-electron chi connectivity index (χ3n) is 9.13. The third-order valence-corrected chi connectivity index (χ3v) is 9.13. The van der Waals surface area contributed by atoms with Crippen molar-refractivity contribution in [3.8, 4) is 0 Å². The van der Waals surface area contributed by atoms with Crippen molar-refractivity contribution in [2.24, 2.45) is 40.4 Å². The van der Waals surface area contributed by atoms with E-state index in [0.29, 0.717) is 17.1 Å². The molecule has 23 heavy (non-hydrogen) atoms. The number of carbonyl (C=O) groups excluding carboxylic acids is 1. The molecular formula is C21H34O2. The van der Waals surface area contributed by atoms with E-state index in [-0.39, 0.29) is 11.5 Å². The Labute approximate surface area is 141 Å². The van der Waals surface area contributed by atoms with Crippen LogP contribution in [-0.4, -0.2) is 17.0 Å². The summed E-state index contributed by atoms with van der Waals surface area (Å²) in [7, 11) is 0. The number of hydrogen-bond donors (Lipinski definition) is 1. The maximum Gasteiger partial charge on any atom is 0.133 e. The fourth-order valence-electron chi connectivity index (χ4n) is 7.90. The molecule has 0 amide bonds. The number of aliphatic hydroxyl groups excluding tert-OH is 1. The van der Waals surface area contributed by atoms with Crippen molar-refractivity contribution in [3.63, 3.8) is 0 Å². The molecule has 0 aromatic rings. The quantitative estimate of drug-likeness (QED) is 0.767. The van der Waals surface area contributed by atoms with Crippen LogP contribution in [0.4, 0.5) is 0 Å². The SMILES string of the molecule is CC(=O)C1CC[C@H]2C3CC[C@H]4C[C@H](O)CCC4(C)[C@H]3CCC12C. The molecule has 0 aliphatic heterocycles. The Hall–Kier alpha value is -0.370. The van der Waals surface area contributed by atoms with E-state index in [1.54, 1.807) is 0 Å². The van der Waals surface area contributed by atoms with Crippen molar-refractivity contribution in [1.82, 2.24) is 0 Å². The number of rotatable bonds is 1. The van der Waals surface area contributed by atoms with Gasteiger partial charge in [0.1, 0.15) is 5.78 Å². The highest BCUT2D eigenvalue weighted by molar-refractivity contribution is 5.79. The third kappa shape index (κ3) is 2.19. The predicted octanol–water partition coefficient (Wildman–Crippen LogP) is 4.60. The average molecular weight is 319 g/mol. The molecule has 8 atom stereocenters. The fraction of sp³-hybridized carbons (Fsp3) is 0.952. The molecule has 0 saturated heterocycles. The Morgan fingerprint density at radius 3 is 2.35 bits per heavy atom. The first-order valence-electron chi connectivity index (χ1n) is 10.0. The Kier molecular flexibility index (Phi) is 3.72. The zero-order valence-corrected chi connectivity index (χ0v) is 15.2. The van der Waals surface area contributed by atoms with Crippen molar-refractivity contribution >= 4 is 5.78 Å². The minimum absolute atomic E-state index is 0.0490. The maximum absolute atomic E-state index is 12.2. The van der Waals surface area contributed by atoms with Crippen LogP contribution in [-0.2, 0) is 4.79 Å². The average Bonchev–Trinajstić information content (AvgIpc) is 2.85. The van der Waals surface area contributed by atoms with E-state index in [4.69, 9.17) is 0 Å². The highest BCUT2D eigenvalue weighted by Gasteiger charge is 2.60. The van der Waals surface area contributed by atoms with Crippen LogP contribution in [0.5, 0.6) is 0 Å². The zero-order chi connectivity index (χ0) is 16.4. The largest absolute Gasteiger partial charge is 0.393 e. The molecule has 0 spiro atoms. The van der Waals surface area contributed by atoms with Gasteiger partial charge in [0, 0.05) is 5.92 Å². The second-order valence-corrected chi connectivity index (χ2v) is 9.87. The first-order valence-corrected chi connectivity index (χ1v) is 10.0. The van der Waals surface area contributed by atoms with Crippen LogP contribution in [0.1, 0.15) is 78.6 Å². The van der Waals surface area contributed by atoms with Crippen molar-refractivity contribution in [3.05, 3.63) is 0 Å². The van der Waals surface area contributed by atoms with Gasteiger partial charge in [-0.25, -0.2) is 0 Å². The van der Waals surface area contributed by atoms with Gasteiger partial charge in [0.25, 0.3) is 0 Å². The summed E-state index contributed by atoms with van der Waals surface area (Å²) in [4.78, 5) is 12.2. The molecule has 2 heteroatoms. The number of carbonyl (C=O) groups is 1. The number of fused-ring (bicyclic) bond motifs is 5. The maximum atomic E-state index is 12.2. The summed E-state index contributed by atoms with van der Waals surface area (Å²) in [5, 5.41) is 10.1. The Balaban J connectivity index is 1.61. The smallest absolute Gasteiger partial charge is 0.133 e. The first-order chi connectivity index (χ1) is 10.9. The van der Waals surface area contributed by atoms with E-state index in [0.717, 1.165) is 42.9 Å². The summed E-state index contributed by atoms with van der Waals surface area (Å²) in [6.45, 7) is 6.80. The molecule has 4 rings (SSSR count). The van der Waals surface area contributed by atoms with Gasteiger partial charge in [-0.2, -0.15) is 0 Å². The zero-order valence-electron chi connectivity index (χ0n) is 15.2. The molecule has 0 aromatic heterocycles. The lowest BCUT2D eigenvalue weighted by molar-refractivity contribution is -0.138. The van der Waals surface area contributed by atoms with Gasteiger partial charge in [0.2, 0.25) is 0 Å². The molecular weight excluding hydrogens is 284 g/mol. The number of aliphatic hydroxyl groups is 1. The van der Waals surface area contributed by atoms with Crippen molar-refractivity contribution in [2.75, 3.05) is 0 Å². The summed E-state index contributed by atoms with van der Waals surface area (Å²) >= 11 is 0. The summed E-state index contributed by atoms with van der Waals surface area (Å²) in [6, 6.07) is 0. The molecule has 4 unspecified atom stereocenters. The van der Waals surface area contributed by atoms with E-state index in [1.807, 2.05) is 6.92 Å². The molecule has 130 valence electrons. The summed E-state index contributed by atoms with van der Waals surface area (Å²) in [5.74, 6) is 3.97. The Morgan fingerprint density at radius 2 is 1.61 bits per heavy atom. The minimum atomic E-state index is -0.0490. The Morgan fingerprint density at radius 1 is 0.913 bits per heavy atom. The lowest BCUT2D eigenvalue weighted by atomic mass is 9.44. The minimum Gasteiger partial charge on any atom is -0.393 e. The van der Waals surface area contributed by atoms with Crippen LogP contribution in [0, 0.1) is 40.4 Å². The van der Waals surface area contributed by atoms with E-state index >= 15 is 0 Å². The predicted molar refractivity (Wildman–Crippen MR) is 91.9 cm³/mol. The molecule has 0 radical (unpaired) electrons. The number of Topliss-reactive ketones (excluding diaryl/α,β-unsaturated/α-hetero) is 1. The lowest BCUT2D eigenvalue weighted by Gasteiger charge is -2.60. The van der Waals surface area contributed by atoms with Gasteiger partial charge in [-0.1, -0.05) is 13.8 Å². The normalized spacial score (nSPS) is 55.7. The highest BCUT2D eigenvalue weighted by Crippen LogP contribution is 2.67. The fourth-order valence-corrected chi connectivity index (χ4v) is 7.90.